The van der Waals surface area contributed by atoms with Crippen molar-refractivity contribution in [1.29, 1.82) is 0 Å². The third-order valence-corrected chi connectivity index (χ3v) is 4.72. The van der Waals surface area contributed by atoms with Crippen LogP contribution in [-0.4, -0.2) is 37.4 Å². The second-order valence-corrected chi connectivity index (χ2v) is 6.59. The topological polar surface area (TPSA) is 66.5 Å². The van der Waals surface area contributed by atoms with Crippen molar-refractivity contribution in [1.82, 2.24) is 24.1 Å². The van der Waals surface area contributed by atoms with Crippen LogP contribution in [0.2, 0.25) is 0 Å². The predicted molar refractivity (Wildman–Crippen MR) is 106 cm³/mol. The molecule has 140 valence electrons. The van der Waals surface area contributed by atoms with E-state index in [1.54, 1.807) is 10.9 Å². The molecule has 7 heteroatoms. The van der Waals surface area contributed by atoms with Crippen molar-refractivity contribution in [3.63, 3.8) is 0 Å². The fourth-order valence-corrected chi connectivity index (χ4v) is 3.28. The van der Waals surface area contributed by atoms with Crippen LogP contribution < -0.4 is 9.47 Å². The van der Waals surface area contributed by atoms with Gasteiger partial charge in [0.15, 0.2) is 0 Å². The molecule has 0 saturated carbocycles. The molecule has 1 aliphatic heterocycles. The van der Waals surface area contributed by atoms with Crippen molar-refractivity contribution in [3.8, 4) is 22.9 Å². The molecular weight excluding hydrogens is 354 g/mol. The minimum absolute atomic E-state index is 0.531. The summed E-state index contributed by atoms with van der Waals surface area (Å²) in [7, 11) is 1.86. The highest BCUT2D eigenvalue weighted by Gasteiger charge is 2.15. The first kappa shape index (κ1) is 16.6. The number of nitrogens with zero attached hydrogens (tertiary/aromatic N) is 5. The normalized spacial score (nSPS) is 15.0. The minimum Gasteiger partial charge on any atom is -0.493 e. The van der Waals surface area contributed by atoms with Crippen molar-refractivity contribution in [2.24, 2.45) is 7.05 Å². The largest absolute Gasteiger partial charge is 0.493 e. The van der Waals surface area contributed by atoms with Gasteiger partial charge in [0.1, 0.15) is 11.6 Å². The molecule has 2 bridgehead atoms. The first-order chi connectivity index (χ1) is 13.8. The van der Waals surface area contributed by atoms with Crippen LogP contribution in [0, 0.1) is 0 Å². The smallest absolute Gasteiger partial charge is 0.221 e. The van der Waals surface area contributed by atoms with E-state index in [1.807, 2.05) is 66.5 Å². The van der Waals surface area contributed by atoms with Gasteiger partial charge in [0.2, 0.25) is 5.88 Å². The van der Waals surface area contributed by atoms with E-state index in [-0.39, 0.29) is 0 Å². The summed E-state index contributed by atoms with van der Waals surface area (Å²) in [5.74, 6) is 2.35. The molecule has 3 aromatic heterocycles. The van der Waals surface area contributed by atoms with Crippen LogP contribution in [0.4, 0.5) is 0 Å². The maximum Gasteiger partial charge on any atom is 0.221 e. The lowest BCUT2D eigenvalue weighted by atomic mass is 10.2. The fourth-order valence-electron chi connectivity index (χ4n) is 3.28. The Bertz CT molecular complexity index is 1170. The van der Waals surface area contributed by atoms with Crippen molar-refractivity contribution in [2.45, 2.75) is 6.42 Å². The second kappa shape index (κ2) is 6.84. The maximum atomic E-state index is 6.01. The Balaban J connectivity index is 1.66. The zero-order chi connectivity index (χ0) is 18.9. The molecule has 1 aromatic carbocycles. The predicted octanol–water partition coefficient (Wildman–Crippen LogP) is 3.46. The van der Waals surface area contributed by atoms with Crippen molar-refractivity contribution in [3.05, 3.63) is 60.4 Å². The fraction of sp³-hybridized carbons (Fsp3) is 0.190. The molecule has 0 amide bonds. The van der Waals surface area contributed by atoms with Crippen LogP contribution in [0.1, 0.15) is 17.8 Å². The van der Waals surface area contributed by atoms with Gasteiger partial charge in [-0.15, -0.1) is 0 Å². The Morgan fingerprint density at radius 1 is 0.964 bits per heavy atom. The number of fused-ring (bicyclic) bond motifs is 4. The second-order valence-electron chi connectivity index (χ2n) is 6.59. The Hall–Kier alpha value is -3.61. The molecule has 0 N–H and O–H groups in total. The molecule has 0 fully saturated rings. The van der Waals surface area contributed by atoms with E-state index in [0.29, 0.717) is 19.1 Å². The van der Waals surface area contributed by atoms with Gasteiger partial charge in [-0.3, -0.25) is 9.38 Å². The Morgan fingerprint density at radius 2 is 1.82 bits per heavy atom. The minimum atomic E-state index is 0.531. The summed E-state index contributed by atoms with van der Waals surface area (Å²) >= 11 is 0. The van der Waals surface area contributed by atoms with Crippen molar-refractivity contribution >= 4 is 17.7 Å². The SMILES string of the molecule is Cn1ncc2c1OCCCOc1ccccc1/C=C/c1ncc3cnc-2cn13. The van der Waals surface area contributed by atoms with Crippen LogP contribution >= 0.6 is 0 Å². The summed E-state index contributed by atoms with van der Waals surface area (Å²) in [4.78, 5) is 9.10. The highest BCUT2D eigenvalue weighted by molar-refractivity contribution is 5.72. The number of rotatable bonds is 0. The van der Waals surface area contributed by atoms with Crippen LogP contribution in [-0.2, 0) is 7.05 Å². The van der Waals surface area contributed by atoms with Gasteiger partial charge in [-0.1, -0.05) is 18.2 Å². The van der Waals surface area contributed by atoms with E-state index >= 15 is 0 Å². The average Bonchev–Trinajstić information content (AvgIpc) is 3.29. The van der Waals surface area contributed by atoms with E-state index in [9.17, 15) is 0 Å². The summed E-state index contributed by atoms with van der Waals surface area (Å²) in [6.45, 7) is 1.10. The maximum absolute atomic E-state index is 6.01. The highest BCUT2D eigenvalue weighted by Crippen LogP contribution is 2.29. The molecule has 0 spiro atoms. The zero-order valence-corrected chi connectivity index (χ0v) is 15.4. The molecule has 1 aliphatic rings. The summed E-state index contributed by atoms with van der Waals surface area (Å²) in [5, 5.41) is 4.34. The van der Waals surface area contributed by atoms with E-state index in [2.05, 4.69) is 15.1 Å². The Kier molecular flexibility index (Phi) is 4.05. The van der Waals surface area contributed by atoms with E-state index in [1.165, 1.54) is 0 Å². The van der Waals surface area contributed by atoms with Gasteiger partial charge in [0.05, 0.1) is 48.6 Å². The van der Waals surface area contributed by atoms with Crippen LogP contribution in [0.25, 0.3) is 28.9 Å². The number of hydrogen-bond acceptors (Lipinski definition) is 5. The molecule has 28 heavy (non-hydrogen) atoms. The highest BCUT2D eigenvalue weighted by atomic mass is 16.5. The molecular formula is C21H19N5O2. The number of aryl methyl sites for hydroxylation is 1. The van der Waals surface area contributed by atoms with Gasteiger partial charge in [-0.2, -0.15) is 5.10 Å². The summed E-state index contributed by atoms with van der Waals surface area (Å²) in [5.41, 5.74) is 3.57. The van der Waals surface area contributed by atoms with E-state index in [0.717, 1.165) is 40.3 Å². The van der Waals surface area contributed by atoms with Gasteiger partial charge in [-0.25, -0.2) is 9.67 Å². The number of hydrogen-bond donors (Lipinski definition) is 0. The van der Waals surface area contributed by atoms with Gasteiger partial charge >= 0.3 is 0 Å². The molecule has 7 nitrogen and oxygen atoms in total. The van der Waals surface area contributed by atoms with Gasteiger partial charge in [0, 0.05) is 25.2 Å². The number of imidazole rings is 1. The lowest BCUT2D eigenvalue weighted by Gasteiger charge is -2.11. The molecule has 0 atom stereocenters. The zero-order valence-electron chi connectivity index (χ0n) is 15.4. The number of ether oxygens (including phenoxy) is 2. The number of benzene rings is 1. The summed E-state index contributed by atoms with van der Waals surface area (Å²) < 4.78 is 15.7. The Morgan fingerprint density at radius 3 is 2.79 bits per heavy atom. The molecule has 4 aromatic rings. The summed E-state index contributed by atoms with van der Waals surface area (Å²) in [6.07, 6.45) is 12.1. The van der Waals surface area contributed by atoms with Crippen molar-refractivity contribution < 1.29 is 9.47 Å². The molecule has 5 rings (SSSR count). The van der Waals surface area contributed by atoms with Crippen LogP contribution in [0.5, 0.6) is 11.6 Å². The van der Waals surface area contributed by atoms with E-state index < -0.39 is 0 Å². The monoisotopic (exact) mass is 373 g/mol. The standard InChI is InChI=1S/C21H19N5O2/c1-25-21-17(13-24-25)18-14-26-16(11-22-18)12-23-20(26)8-7-15-5-2-3-6-19(15)27-9-4-10-28-21/h2-3,5-8,11-14H,4,9-10H2,1H3/b8-7+. The summed E-state index contributed by atoms with van der Waals surface area (Å²) in [6, 6.07) is 7.98. The lowest BCUT2D eigenvalue weighted by molar-refractivity contribution is 0.236. The van der Waals surface area contributed by atoms with Gasteiger partial charge in [0.25, 0.3) is 0 Å². The molecule has 0 aliphatic carbocycles. The van der Waals surface area contributed by atoms with Crippen LogP contribution in [0.15, 0.2) is 49.1 Å². The Labute approximate surface area is 161 Å². The molecule has 0 unspecified atom stereocenters. The molecule has 0 radical (unpaired) electrons. The van der Waals surface area contributed by atoms with Crippen molar-refractivity contribution in [2.75, 3.05) is 13.2 Å². The number of aromatic nitrogens is 5. The first-order valence-electron chi connectivity index (χ1n) is 9.18. The van der Waals surface area contributed by atoms with Gasteiger partial charge in [-0.05, 0) is 18.2 Å². The van der Waals surface area contributed by atoms with Gasteiger partial charge < -0.3 is 9.47 Å². The third-order valence-electron chi connectivity index (χ3n) is 4.72. The van der Waals surface area contributed by atoms with E-state index in [4.69, 9.17) is 9.47 Å². The molecule has 0 saturated heterocycles. The number of para-hydroxylation sites is 1. The molecule has 4 heterocycles. The third kappa shape index (κ3) is 2.90. The van der Waals surface area contributed by atoms with Crippen LogP contribution in [0.3, 0.4) is 0 Å². The first-order valence-corrected chi connectivity index (χ1v) is 9.18. The lowest BCUT2D eigenvalue weighted by Crippen LogP contribution is -2.08. The average molecular weight is 373 g/mol. The quantitative estimate of drug-likeness (QED) is 0.472.